The highest BCUT2D eigenvalue weighted by Crippen LogP contribution is 2.29. The maximum absolute atomic E-state index is 11.5. The second-order valence-corrected chi connectivity index (χ2v) is 5.38. The number of aromatic nitrogens is 2. The molecule has 0 bridgehead atoms. The zero-order chi connectivity index (χ0) is 17.1. The maximum Gasteiger partial charge on any atom is 0.372 e. The van der Waals surface area contributed by atoms with Crippen LogP contribution in [0.1, 0.15) is 12.5 Å². The van der Waals surface area contributed by atoms with Crippen molar-refractivity contribution in [2.24, 2.45) is 0 Å². The van der Waals surface area contributed by atoms with Crippen molar-refractivity contribution in [3.05, 3.63) is 64.3 Å². The SMILES string of the molecule is CCOc1ccc(CN(C)c2nc3ccccn3c2[N+](=O)[O-])cc1. The molecule has 7 nitrogen and oxygen atoms in total. The Morgan fingerprint density at radius 3 is 2.67 bits per heavy atom. The van der Waals surface area contributed by atoms with E-state index in [1.807, 2.05) is 37.3 Å². The first-order chi connectivity index (χ1) is 11.6. The smallest absolute Gasteiger partial charge is 0.372 e. The highest BCUT2D eigenvalue weighted by Gasteiger charge is 2.25. The van der Waals surface area contributed by atoms with Crippen molar-refractivity contribution >= 4 is 17.3 Å². The van der Waals surface area contributed by atoms with Gasteiger partial charge in [-0.2, -0.15) is 9.38 Å². The van der Waals surface area contributed by atoms with Crippen molar-refractivity contribution in [2.75, 3.05) is 18.6 Å². The number of fused-ring (bicyclic) bond motifs is 1. The molecule has 0 aliphatic rings. The van der Waals surface area contributed by atoms with Crippen LogP contribution in [0, 0.1) is 10.1 Å². The van der Waals surface area contributed by atoms with Crippen molar-refractivity contribution in [1.29, 1.82) is 0 Å². The number of hydrogen-bond donors (Lipinski definition) is 0. The molecule has 0 radical (unpaired) electrons. The molecule has 0 N–H and O–H groups in total. The van der Waals surface area contributed by atoms with Crippen LogP contribution >= 0.6 is 0 Å². The van der Waals surface area contributed by atoms with Gasteiger partial charge in [0.05, 0.1) is 12.8 Å². The van der Waals surface area contributed by atoms with E-state index in [1.54, 1.807) is 30.3 Å². The summed E-state index contributed by atoms with van der Waals surface area (Å²) in [6, 6.07) is 13.0. The number of anilines is 1. The standard InChI is InChI=1S/C17H18N4O3/c1-3-24-14-9-7-13(8-10-14)12-19(2)16-17(21(22)23)20-11-5-4-6-15(20)18-16/h4-11H,3,12H2,1-2H3. The van der Waals surface area contributed by atoms with Crippen molar-refractivity contribution in [3.8, 4) is 5.75 Å². The molecule has 2 aromatic heterocycles. The number of rotatable bonds is 6. The lowest BCUT2D eigenvalue weighted by molar-refractivity contribution is -0.389. The highest BCUT2D eigenvalue weighted by molar-refractivity contribution is 5.63. The lowest BCUT2D eigenvalue weighted by Gasteiger charge is -2.16. The summed E-state index contributed by atoms with van der Waals surface area (Å²) in [5, 5.41) is 11.5. The Balaban J connectivity index is 1.89. The first kappa shape index (κ1) is 15.8. The van der Waals surface area contributed by atoms with Crippen LogP contribution in [0.25, 0.3) is 5.65 Å². The summed E-state index contributed by atoms with van der Waals surface area (Å²) in [4.78, 5) is 17.3. The molecule has 1 aromatic carbocycles. The monoisotopic (exact) mass is 326 g/mol. The van der Waals surface area contributed by atoms with E-state index in [0.29, 0.717) is 24.6 Å². The third-order valence-electron chi connectivity index (χ3n) is 3.68. The largest absolute Gasteiger partial charge is 0.494 e. The molecule has 0 aliphatic carbocycles. The van der Waals surface area contributed by atoms with E-state index in [2.05, 4.69) is 4.98 Å². The summed E-state index contributed by atoms with van der Waals surface area (Å²) in [6.45, 7) is 3.06. The molecule has 0 aliphatic heterocycles. The first-order valence-electron chi connectivity index (χ1n) is 7.64. The van der Waals surface area contributed by atoms with E-state index in [4.69, 9.17) is 4.74 Å². The third-order valence-corrected chi connectivity index (χ3v) is 3.68. The van der Waals surface area contributed by atoms with E-state index in [-0.39, 0.29) is 5.82 Å². The van der Waals surface area contributed by atoms with Gasteiger partial charge in [0.25, 0.3) is 0 Å². The zero-order valence-corrected chi connectivity index (χ0v) is 13.5. The molecule has 24 heavy (non-hydrogen) atoms. The zero-order valence-electron chi connectivity index (χ0n) is 13.5. The molecule has 0 spiro atoms. The number of benzene rings is 1. The van der Waals surface area contributed by atoms with Crippen molar-refractivity contribution in [2.45, 2.75) is 13.5 Å². The normalized spacial score (nSPS) is 10.8. The van der Waals surface area contributed by atoms with Crippen LogP contribution in [0.2, 0.25) is 0 Å². The minimum Gasteiger partial charge on any atom is -0.494 e. The average Bonchev–Trinajstić information content (AvgIpc) is 2.97. The van der Waals surface area contributed by atoms with E-state index < -0.39 is 4.92 Å². The minimum atomic E-state index is -0.399. The van der Waals surface area contributed by atoms with Crippen LogP contribution in [0.4, 0.5) is 11.6 Å². The molecule has 0 unspecified atom stereocenters. The molecule has 0 atom stereocenters. The number of nitrogens with zero attached hydrogens (tertiary/aromatic N) is 4. The van der Waals surface area contributed by atoms with Gasteiger partial charge < -0.3 is 19.8 Å². The maximum atomic E-state index is 11.5. The summed E-state index contributed by atoms with van der Waals surface area (Å²) < 4.78 is 6.91. The molecular weight excluding hydrogens is 308 g/mol. The fraction of sp³-hybridized carbons (Fsp3) is 0.235. The van der Waals surface area contributed by atoms with Gasteiger partial charge in [-0.1, -0.05) is 18.2 Å². The van der Waals surface area contributed by atoms with E-state index >= 15 is 0 Å². The van der Waals surface area contributed by atoms with Gasteiger partial charge in [-0.3, -0.25) is 0 Å². The molecule has 2 heterocycles. The fourth-order valence-corrected chi connectivity index (χ4v) is 2.60. The van der Waals surface area contributed by atoms with Gasteiger partial charge in [0.15, 0.2) is 0 Å². The number of nitro groups is 1. The topological polar surface area (TPSA) is 72.9 Å². The summed E-state index contributed by atoms with van der Waals surface area (Å²) in [5.74, 6) is 1.13. The molecule has 0 saturated heterocycles. The molecule has 0 amide bonds. The van der Waals surface area contributed by atoms with Crippen molar-refractivity contribution < 1.29 is 9.66 Å². The molecule has 7 heteroatoms. The van der Waals surface area contributed by atoms with Gasteiger partial charge in [0.2, 0.25) is 11.5 Å². The summed E-state index contributed by atoms with van der Waals surface area (Å²) in [6.07, 6.45) is 1.65. The number of pyridine rings is 1. The summed E-state index contributed by atoms with van der Waals surface area (Å²) in [5.41, 5.74) is 1.57. The van der Waals surface area contributed by atoms with Crippen molar-refractivity contribution in [1.82, 2.24) is 9.38 Å². The number of ether oxygens (including phenoxy) is 1. The van der Waals surface area contributed by atoms with E-state index in [1.165, 1.54) is 4.40 Å². The van der Waals surface area contributed by atoms with Crippen LogP contribution in [-0.4, -0.2) is 28.0 Å². The predicted octanol–water partition coefficient (Wildman–Crippen LogP) is 3.28. The van der Waals surface area contributed by atoms with E-state index in [9.17, 15) is 10.1 Å². The Labute approximate surface area is 139 Å². The summed E-state index contributed by atoms with van der Waals surface area (Å²) >= 11 is 0. The highest BCUT2D eigenvalue weighted by atomic mass is 16.6. The van der Waals surface area contributed by atoms with Gasteiger partial charge >= 0.3 is 5.82 Å². The van der Waals surface area contributed by atoms with Crippen LogP contribution in [0.3, 0.4) is 0 Å². The second kappa shape index (κ2) is 6.57. The molecule has 0 fully saturated rings. The first-order valence-corrected chi connectivity index (χ1v) is 7.64. The Kier molecular flexibility index (Phi) is 4.33. The molecule has 124 valence electrons. The predicted molar refractivity (Wildman–Crippen MR) is 91.6 cm³/mol. The molecule has 3 aromatic rings. The quantitative estimate of drug-likeness (QED) is 0.513. The Hall–Kier alpha value is -3.09. The van der Waals surface area contributed by atoms with Gasteiger partial charge in [0, 0.05) is 19.7 Å². The lowest BCUT2D eigenvalue weighted by Crippen LogP contribution is -2.18. The van der Waals surface area contributed by atoms with Crippen LogP contribution in [-0.2, 0) is 6.54 Å². The van der Waals surface area contributed by atoms with Gasteiger partial charge in [-0.05, 0) is 35.6 Å². The fourth-order valence-electron chi connectivity index (χ4n) is 2.60. The Morgan fingerprint density at radius 1 is 1.25 bits per heavy atom. The molecule has 0 saturated carbocycles. The van der Waals surface area contributed by atoms with Crippen molar-refractivity contribution in [3.63, 3.8) is 0 Å². The number of imidazole rings is 1. The van der Waals surface area contributed by atoms with Crippen LogP contribution in [0.15, 0.2) is 48.7 Å². The number of hydrogen-bond acceptors (Lipinski definition) is 5. The van der Waals surface area contributed by atoms with Crippen LogP contribution < -0.4 is 9.64 Å². The Morgan fingerprint density at radius 2 is 2.00 bits per heavy atom. The molecule has 3 rings (SSSR count). The molecular formula is C17H18N4O3. The van der Waals surface area contributed by atoms with E-state index in [0.717, 1.165) is 11.3 Å². The third kappa shape index (κ3) is 3.01. The lowest BCUT2D eigenvalue weighted by atomic mass is 10.2. The average molecular weight is 326 g/mol. The summed E-state index contributed by atoms with van der Waals surface area (Å²) in [7, 11) is 1.80. The second-order valence-electron chi connectivity index (χ2n) is 5.38. The van der Waals surface area contributed by atoms with Gasteiger partial charge in [-0.15, -0.1) is 0 Å². The van der Waals surface area contributed by atoms with Gasteiger partial charge in [-0.25, -0.2) is 0 Å². The van der Waals surface area contributed by atoms with Gasteiger partial charge in [0.1, 0.15) is 5.75 Å². The minimum absolute atomic E-state index is 0.0287. The van der Waals surface area contributed by atoms with Crippen LogP contribution in [0.5, 0.6) is 5.75 Å². The Bertz CT molecular complexity index is 858.